The first kappa shape index (κ1) is 12.7. The Balaban J connectivity index is 3.24. The monoisotopic (exact) mass is 251 g/mol. The molecule has 0 unspecified atom stereocenters. The molecule has 4 nitrogen and oxygen atoms in total. The number of nitro benzene ring substituents is 1. The third-order valence-electron chi connectivity index (χ3n) is 1.83. The van der Waals surface area contributed by atoms with Crippen LogP contribution in [0, 0.1) is 10.1 Å². The van der Waals surface area contributed by atoms with Crippen LogP contribution in [0.4, 0.5) is 18.9 Å². The minimum absolute atomic E-state index is 0.0447. The summed E-state index contributed by atoms with van der Waals surface area (Å²) in [5.41, 5.74) is -1.46. The van der Waals surface area contributed by atoms with Crippen LogP contribution in [0.2, 0.25) is 0 Å². The van der Waals surface area contributed by atoms with Gasteiger partial charge in [-0.15, -0.1) is 0 Å². The molecular weight excluding hydrogens is 243 g/mol. The van der Waals surface area contributed by atoms with Crippen LogP contribution in [-0.2, 0) is 17.2 Å². The summed E-state index contributed by atoms with van der Waals surface area (Å²) in [6.45, 7) is -0.0447. The number of alkyl halides is 3. The molecule has 16 heavy (non-hydrogen) atoms. The van der Waals surface area contributed by atoms with Gasteiger partial charge in [-0.05, 0) is 11.6 Å². The van der Waals surface area contributed by atoms with Gasteiger partial charge in [-0.25, -0.2) is 0 Å². The Labute approximate surface area is 91.7 Å². The smallest absolute Gasteiger partial charge is 0.416 e. The van der Waals surface area contributed by atoms with Gasteiger partial charge in [0.05, 0.1) is 17.1 Å². The quantitative estimate of drug-likeness (QED) is 0.463. The van der Waals surface area contributed by atoms with Crippen LogP contribution in [0.1, 0.15) is 11.1 Å². The van der Waals surface area contributed by atoms with Gasteiger partial charge in [0.25, 0.3) is 5.69 Å². The van der Waals surface area contributed by atoms with Crippen molar-refractivity contribution in [3.8, 4) is 0 Å². The van der Waals surface area contributed by atoms with Crippen LogP contribution in [0.15, 0.2) is 18.2 Å². The molecular formula is C8H8F3NO3Si. The standard InChI is InChI=1S/C8H8F3NO3Si/c9-8(10,11)6-1-5(4-15-16)2-7(3-6)12(13)14/h1-3H,4H2,16H3. The fourth-order valence-corrected chi connectivity index (χ4v) is 1.53. The zero-order chi connectivity index (χ0) is 12.3. The maximum Gasteiger partial charge on any atom is 0.416 e. The predicted octanol–water partition coefficient (Wildman–Crippen LogP) is 1.41. The van der Waals surface area contributed by atoms with Gasteiger partial charge in [-0.3, -0.25) is 10.1 Å². The molecule has 0 aliphatic rings. The molecule has 0 aliphatic carbocycles. The van der Waals surface area contributed by atoms with Gasteiger partial charge in [0, 0.05) is 12.1 Å². The highest BCUT2D eigenvalue weighted by Crippen LogP contribution is 2.32. The Hall–Kier alpha value is -1.41. The van der Waals surface area contributed by atoms with Crippen molar-refractivity contribution in [3.63, 3.8) is 0 Å². The SMILES string of the molecule is O=[N+]([O-])c1cc(CO[SiH3])cc(C(F)(F)F)c1. The molecule has 1 aromatic rings. The van der Waals surface area contributed by atoms with E-state index < -0.39 is 22.4 Å². The lowest BCUT2D eigenvalue weighted by Crippen LogP contribution is -2.07. The normalized spacial score (nSPS) is 11.7. The highest BCUT2D eigenvalue weighted by Gasteiger charge is 2.32. The van der Waals surface area contributed by atoms with E-state index in [1.807, 2.05) is 0 Å². The average molecular weight is 251 g/mol. The molecule has 0 radical (unpaired) electrons. The van der Waals surface area contributed by atoms with Gasteiger partial charge < -0.3 is 4.43 Å². The number of rotatable bonds is 3. The molecule has 0 amide bonds. The summed E-state index contributed by atoms with van der Waals surface area (Å²) in [4.78, 5) is 9.59. The number of nitrogens with zero attached hydrogens (tertiary/aromatic N) is 1. The lowest BCUT2D eigenvalue weighted by atomic mass is 10.1. The van der Waals surface area contributed by atoms with E-state index >= 15 is 0 Å². The second kappa shape index (κ2) is 4.62. The van der Waals surface area contributed by atoms with Crippen molar-refractivity contribution >= 4 is 16.2 Å². The molecule has 0 saturated heterocycles. The van der Waals surface area contributed by atoms with Crippen molar-refractivity contribution < 1.29 is 22.5 Å². The van der Waals surface area contributed by atoms with Gasteiger partial charge >= 0.3 is 6.18 Å². The summed E-state index contributed by atoms with van der Waals surface area (Å²) in [6, 6.07) is 2.44. The minimum atomic E-state index is -4.59. The summed E-state index contributed by atoms with van der Waals surface area (Å²) in [5.74, 6) is 0. The van der Waals surface area contributed by atoms with Crippen molar-refractivity contribution in [1.82, 2.24) is 0 Å². The van der Waals surface area contributed by atoms with E-state index in [1.165, 1.54) is 0 Å². The topological polar surface area (TPSA) is 52.4 Å². The third-order valence-corrected chi connectivity index (χ3v) is 2.12. The fraction of sp³-hybridized carbons (Fsp3) is 0.250. The van der Waals surface area contributed by atoms with Crippen LogP contribution in [0.3, 0.4) is 0 Å². The Kier molecular flexibility index (Phi) is 3.65. The Morgan fingerprint density at radius 3 is 2.44 bits per heavy atom. The molecule has 0 atom stereocenters. The van der Waals surface area contributed by atoms with Crippen LogP contribution in [0.25, 0.3) is 0 Å². The lowest BCUT2D eigenvalue weighted by Gasteiger charge is -2.08. The Bertz CT molecular complexity index is 408. The van der Waals surface area contributed by atoms with E-state index in [0.717, 1.165) is 12.1 Å². The van der Waals surface area contributed by atoms with Crippen molar-refractivity contribution in [2.24, 2.45) is 0 Å². The van der Waals surface area contributed by atoms with Crippen LogP contribution < -0.4 is 0 Å². The van der Waals surface area contributed by atoms with Crippen LogP contribution in [-0.4, -0.2) is 15.4 Å². The van der Waals surface area contributed by atoms with Gasteiger partial charge in [0.2, 0.25) is 0 Å². The van der Waals surface area contributed by atoms with Gasteiger partial charge in [-0.1, -0.05) is 0 Å². The molecule has 0 spiro atoms. The Morgan fingerprint density at radius 1 is 1.38 bits per heavy atom. The maximum atomic E-state index is 12.4. The highest BCUT2D eigenvalue weighted by atomic mass is 28.2. The van der Waals surface area contributed by atoms with E-state index in [2.05, 4.69) is 0 Å². The predicted molar refractivity (Wildman–Crippen MR) is 52.8 cm³/mol. The summed E-state index contributed by atoms with van der Waals surface area (Å²) in [7, 11) is 0.354. The lowest BCUT2D eigenvalue weighted by molar-refractivity contribution is -0.385. The molecule has 8 heteroatoms. The van der Waals surface area contributed by atoms with E-state index in [0.29, 0.717) is 16.6 Å². The first-order valence-corrected chi connectivity index (χ1v) is 5.00. The molecule has 0 bridgehead atoms. The van der Waals surface area contributed by atoms with E-state index in [9.17, 15) is 23.3 Å². The van der Waals surface area contributed by atoms with Gasteiger partial charge in [0.15, 0.2) is 0 Å². The number of non-ortho nitro benzene ring substituents is 1. The number of hydrogen-bond acceptors (Lipinski definition) is 3. The summed E-state index contributed by atoms with van der Waals surface area (Å²) >= 11 is 0. The first-order chi connectivity index (χ1) is 7.34. The molecule has 1 rings (SSSR count). The largest absolute Gasteiger partial charge is 0.424 e. The highest BCUT2D eigenvalue weighted by molar-refractivity contribution is 5.97. The van der Waals surface area contributed by atoms with Crippen molar-refractivity contribution in [2.75, 3.05) is 0 Å². The van der Waals surface area contributed by atoms with Gasteiger partial charge in [-0.2, -0.15) is 13.2 Å². The number of hydrogen-bond donors (Lipinski definition) is 0. The molecule has 0 aromatic heterocycles. The van der Waals surface area contributed by atoms with Crippen LogP contribution >= 0.6 is 0 Å². The maximum absolute atomic E-state index is 12.4. The number of nitro groups is 1. The fourth-order valence-electron chi connectivity index (χ4n) is 1.19. The second-order valence-corrected chi connectivity index (χ2v) is 3.65. The molecule has 0 N–H and O–H groups in total. The summed E-state index contributed by atoms with van der Waals surface area (Å²) in [5, 5.41) is 10.4. The molecule has 0 fully saturated rings. The molecule has 0 heterocycles. The van der Waals surface area contributed by atoms with Crippen molar-refractivity contribution in [2.45, 2.75) is 12.8 Å². The van der Waals surface area contributed by atoms with E-state index in [1.54, 1.807) is 0 Å². The van der Waals surface area contributed by atoms with Crippen molar-refractivity contribution in [3.05, 3.63) is 39.4 Å². The third kappa shape index (κ3) is 3.04. The van der Waals surface area contributed by atoms with Crippen molar-refractivity contribution in [1.29, 1.82) is 0 Å². The van der Waals surface area contributed by atoms with Gasteiger partial charge in [0.1, 0.15) is 10.5 Å². The molecule has 1 aromatic carbocycles. The molecule has 0 saturated carbocycles. The minimum Gasteiger partial charge on any atom is -0.424 e. The van der Waals surface area contributed by atoms with E-state index in [4.69, 9.17) is 4.43 Å². The summed E-state index contributed by atoms with van der Waals surface area (Å²) < 4.78 is 42.0. The van der Waals surface area contributed by atoms with E-state index in [-0.39, 0.29) is 12.2 Å². The number of benzene rings is 1. The zero-order valence-electron chi connectivity index (χ0n) is 8.25. The zero-order valence-corrected chi connectivity index (χ0v) is 10.2. The molecule has 0 aliphatic heterocycles. The Morgan fingerprint density at radius 2 is 2.00 bits per heavy atom. The second-order valence-electron chi connectivity index (χ2n) is 3.08. The van der Waals surface area contributed by atoms with Crippen LogP contribution in [0.5, 0.6) is 0 Å². The molecule has 88 valence electrons. The summed E-state index contributed by atoms with van der Waals surface area (Å²) in [6.07, 6.45) is -4.59. The first-order valence-electron chi connectivity index (χ1n) is 4.19. The average Bonchev–Trinajstić information content (AvgIpc) is 2.16. The number of halogens is 3.